The molecule has 1 aliphatic heterocycles. The highest BCUT2D eigenvalue weighted by molar-refractivity contribution is 5.76. The molecule has 0 unspecified atom stereocenters. The van der Waals surface area contributed by atoms with Crippen LogP contribution in [-0.2, 0) is 9.53 Å². The van der Waals surface area contributed by atoms with Gasteiger partial charge in [0.05, 0.1) is 18.9 Å². The van der Waals surface area contributed by atoms with Gasteiger partial charge in [0, 0.05) is 26.4 Å². The van der Waals surface area contributed by atoms with Crippen LogP contribution in [0, 0.1) is 0 Å². The van der Waals surface area contributed by atoms with Gasteiger partial charge in [-0.05, 0) is 18.6 Å². The van der Waals surface area contributed by atoms with Gasteiger partial charge in [0.2, 0.25) is 17.6 Å². The van der Waals surface area contributed by atoms with E-state index in [9.17, 15) is 4.79 Å². The van der Waals surface area contributed by atoms with E-state index in [0.717, 1.165) is 6.42 Å². The van der Waals surface area contributed by atoms with Gasteiger partial charge in [0.15, 0.2) is 0 Å². The normalized spacial score (nSPS) is 17.9. The van der Waals surface area contributed by atoms with Crippen molar-refractivity contribution in [2.75, 3.05) is 26.8 Å². The van der Waals surface area contributed by atoms with Crippen molar-refractivity contribution in [3.05, 3.63) is 30.3 Å². The Morgan fingerprint density at radius 2 is 2.41 bits per heavy atom. The third-order valence-electron chi connectivity index (χ3n) is 3.75. The number of hydrogen-bond donors (Lipinski definition) is 0. The maximum absolute atomic E-state index is 12.0. The van der Waals surface area contributed by atoms with Crippen LogP contribution in [0.2, 0.25) is 0 Å². The molecule has 0 spiro atoms. The number of likely N-dealkylation sites (tertiary alicyclic amines) is 1. The van der Waals surface area contributed by atoms with E-state index in [1.165, 1.54) is 0 Å². The largest absolute Gasteiger partial charge is 0.384 e. The van der Waals surface area contributed by atoms with Gasteiger partial charge in [-0.1, -0.05) is 11.2 Å². The molecule has 0 N–H and O–H groups in total. The van der Waals surface area contributed by atoms with Crippen molar-refractivity contribution in [3.8, 4) is 11.5 Å². The van der Waals surface area contributed by atoms with Crippen molar-refractivity contribution in [1.29, 1.82) is 0 Å². The fourth-order valence-electron chi connectivity index (χ4n) is 2.54. The summed E-state index contributed by atoms with van der Waals surface area (Å²) in [6.45, 7) is 1.78. The zero-order chi connectivity index (χ0) is 15.4. The van der Waals surface area contributed by atoms with E-state index in [1.54, 1.807) is 13.3 Å². The van der Waals surface area contributed by atoms with Crippen molar-refractivity contribution >= 4 is 5.91 Å². The molecule has 0 saturated carbocycles. The monoisotopic (exact) mass is 302 g/mol. The smallest absolute Gasteiger partial charge is 0.231 e. The Balaban J connectivity index is 1.64. The van der Waals surface area contributed by atoms with E-state index < -0.39 is 0 Å². The highest BCUT2D eigenvalue weighted by Gasteiger charge is 2.31. The summed E-state index contributed by atoms with van der Waals surface area (Å²) in [4.78, 5) is 22.4. The molecule has 1 atom stereocenters. The number of methoxy groups -OCH3 is 1. The first-order chi connectivity index (χ1) is 10.8. The molecular formula is C15H18N4O3. The van der Waals surface area contributed by atoms with Gasteiger partial charge in [-0.3, -0.25) is 9.78 Å². The van der Waals surface area contributed by atoms with Gasteiger partial charge >= 0.3 is 0 Å². The van der Waals surface area contributed by atoms with Gasteiger partial charge in [0.1, 0.15) is 5.69 Å². The molecule has 1 fully saturated rings. The summed E-state index contributed by atoms with van der Waals surface area (Å²) in [5, 5.41) is 3.98. The van der Waals surface area contributed by atoms with Crippen molar-refractivity contribution in [1.82, 2.24) is 20.0 Å². The molecule has 2 aromatic rings. The Morgan fingerprint density at radius 1 is 1.50 bits per heavy atom. The Bertz CT molecular complexity index is 629. The van der Waals surface area contributed by atoms with E-state index in [-0.39, 0.29) is 11.8 Å². The van der Waals surface area contributed by atoms with E-state index in [0.29, 0.717) is 43.5 Å². The van der Waals surface area contributed by atoms with Crippen LogP contribution in [0.1, 0.15) is 24.7 Å². The molecule has 0 radical (unpaired) electrons. The van der Waals surface area contributed by atoms with Gasteiger partial charge in [0.25, 0.3) is 0 Å². The molecular weight excluding hydrogens is 284 g/mol. The number of pyridine rings is 1. The molecule has 116 valence electrons. The molecule has 1 saturated heterocycles. The first-order valence-corrected chi connectivity index (χ1v) is 7.29. The maximum Gasteiger partial charge on any atom is 0.231 e. The lowest BCUT2D eigenvalue weighted by Gasteiger charge is -2.15. The van der Waals surface area contributed by atoms with E-state index in [1.807, 2.05) is 23.1 Å². The quantitative estimate of drug-likeness (QED) is 0.832. The van der Waals surface area contributed by atoms with Gasteiger partial charge in [-0.2, -0.15) is 4.98 Å². The average Bonchev–Trinajstić information content (AvgIpc) is 3.22. The van der Waals surface area contributed by atoms with E-state index in [4.69, 9.17) is 9.26 Å². The van der Waals surface area contributed by atoms with Crippen LogP contribution in [0.4, 0.5) is 0 Å². The standard InChI is InChI=1S/C15H18N4O3/c1-21-9-6-13(20)19-8-5-11(10-19)15-17-14(18-22-15)12-4-2-3-7-16-12/h2-4,7,11H,5-6,8-10H2,1H3/t11-/m0/s1. The summed E-state index contributed by atoms with van der Waals surface area (Å²) >= 11 is 0. The topological polar surface area (TPSA) is 81.4 Å². The second-order valence-electron chi connectivity index (χ2n) is 5.24. The highest BCUT2D eigenvalue weighted by atomic mass is 16.5. The molecule has 1 aliphatic rings. The van der Waals surface area contributed by atoms with Crippen LogP contribution in [0.3, 0.4) is 0 Å². The number of aromatic nitrogens is 3. The van der Waals surface area contributed by atoms with E-state index >= 15 is 0 Å². The van der Waals surface area contributed by atoms with Gasteiger partial charge < -0.3 is 14.2 Å². The van der Waals surface area contributed by atoms with Gasteiger partial charge in [-0.15, -0.1) is 0 Å². The Kier molecular flexibility index (Phi) is 4.43. The average molecular weight is 302 g/mol. The predicted molar refractivity (Wildman–Crippen MR) is 78.0 cm³/mol. The summed E-state index contributed by atoms with van der Waals surface area (Å²) in [6, 6.07) is 5.55. The molecule has 22 heavy (non-hydrogen) atoms. The van der Waals surface area contributed by atoms with Crippen molar-refractivity contribution < 1.29 is 14.1 Å². The van der Waals surface area contributed by atoms with E-state index in [2.05, 4.69) is 15.1 Å². The highest BCUT2D eigenvalue weighted by Crippen LogP contribution is 2.27. The van der Waals surface area contributed by atoms with Crippen LogP contribution in [0.15, 0.2) is 28.9 Å². The zero-order valence-electron chi connectivity index (χ0n) is 12.4. The van der Waals surface area contributed by atoms with Crippen molar-refractivity contribution in [2.24, 2.45) is 0 Å². The number of hydrogen-bond acceptors (Lipinski definition) is 6. The summed E-state index contributed by atoms with van der Waals surface area (Å²) < 4.78 is 10.3. The first-order valence-electron chi connectivity index (χ1n) is 7.29. The summed E-state index contributed by atoms with van der Waals surface area (Å²) in [6.07, 6.45) is 2.94. The van der Waals surface area contributed by atoms with Crippen LogP contribution in [0.25, 0.3) is 11.5 Å². The molecule has 0 aromatic carbocycles. The molecule has 0 bridgehead atoms. The number of ether oxygens (including phenoxy) is 1. The lowest BCUT2D eigenvalue weighted by Crippen LogP contribution is -2.29. The SMILES string of the molecule is COCCC(=O)N1CC[C@H](c2nc(-c3ccccn3)no2)C1. The molecule has 3 heterocycles. The van der Waals surface area contributed by atoms with Crippen LogP contribution in [-0.4, -0.2) is 52.7 Å². The zero-order valence-corrected chi connectivity index (χ0v) is 12.4. The Hall–Kier alpha value is -2.28. The number of carbonyl (C=O) groups is 1. The lowest BCUT2D eigenvalue weighted by molar-refractivity contribution is -0.131. The molecule has 7 heteroatoms. The van der Waals surface area contributed by atoms with Crippen molar-refractivity contribution in [2.45, 2.75) is 18.8 Å². The number of carbonyl (C=O) groups excluding carboxylic acids is 1. The minimum absolute atomic E-state index is 0.0939. The first kappa shape index (κ1) is 14.6. The van der Waals surface area contributed by atoms with Crippen molar-refractivity contribution in [3.63, 3.8) is 0 Å². The molecule has 0 aliphatic carbocycles. The minimum atomic E-state index is 0.0939. The predicted octanol–water partition coefficient (Wildman–Crippen LogP) is 1.48. The molecule has 2 aromatic heterocycles. The Labute approximate surface area is 128 Å². The maximum atomic E-state index is 12.0. The van der Waals surface area contributed by atoms with Crippen LogP contribution < -0.4 is 0 Å². The molecule has 3 rings (SSSR count). The minimum Gasteiger partial charge on any atom is -0.384 e. The fraction of sp³-hybridized carbons (Fsp3) is 0.467. The Morgan fingerprint density at radius 3 is 3.18 bits per heavy atom. The summed E-state index contributed by atoms with van der Waals surface area (Å²) in [5.41, 5.74) is 0.684. The summed E-state index contributed by atoms with van der Waals surface area (Å²) in [7, 11) is 1.59. The summed E-state index contributed by atoms with van der Waals surface area (Å²) in [5.74, 6) is 1.26. The third kappa shape index (κ3) is 3.14. The third-order valence-corrected chi connectivity index (χ3v) is 3.75. The number of nitrogens with zero attached hydrogens (tertiary/aromatic N) is 4. The lowest BCUT2D eigenvalue weighted by atomic mass is 10.1. The van der Waals surface area contributed by atoms with Crippen LogP contribution in [0.5, 0.6) is 0 Å². The van der Waals surface area contributed by atoms with Gasteiger partial charge in [-0.25, -0.2) is 0 Å². The van der Waals surface area contributed by atoms with Crippen LogP contribution >= 0.6 is 0 Å². The number of rotatable bonds is 5. The molecule has 1 amide bonds. The number of amides is 1. The second kappa shape index (κ2) is 6.65. The molecule has 7 nitrogen and oxygen atoms in total. The fourth-order valence-corrected chi connectivity index (χ4v) is 2.54. The second-order valence-corrected chi connectivity index (χ2v) is 5.24.